The molecule has 0 aliphatic rings. The lowest BCUT2D eigenvalue weighted by atomic mass is 10.1. The van der Waals surface area contributed by atoms with Crippen LogP contribution in [0.2, 0.25) is 0 Å². The smallest absolute Gasteiger partial charge is 0.240 e. The van der Waals surface area contributed by atoms with E-state index in [1.54, 1.807) is 16.9 Å². The Morgan fingerprint density at radius 1 is 1.33 bits per heavy atom. The Bertz CT molecular complexity index is 727. The number of rotatable bonds is 5. The van der Waals surface area contributed by atoms with Gasteiger partial charge in [0.15, 0.2) is 0 Å². The molecule has 1 aromatic heterocycles. The van der Waals surface area contributed by atoms with Crippen molar-refractivity contribution in [3.05, 3.63) is 41.2 Å². The number of hydrogen-bond acceptors (Lipinski definition) is 4. The van der Waals surface area contributed by atoms with Gasteiger partial charge in [0.1, 0.15) is 0 Å². The lowest BCUT2D eigenvalue weighted by Crippen LogP contribution is -2.26. The maximum absolute atomic E-state index is 12.3. The highest BCUT2D eigenvalue weighted by Crippen LogP contribution is 2.21. The van der Waals surface area contributed by atoms with Gasteiger partial charge in [-0.25, -0.2) is 13.1 Å². The largest absolute Gasteiger partial charge is 0.398 e. The van der Waals surface area contributed by atoms with Crippen molar-refractivity contribution in [3.8, 4) is 0 Å². The third-order valence-corrected chi connectivity index (χ3v) is 5.03. The summed E-state index contributed by atoms with van der Waals surface area (Å²) in [6, 6.07) is 5.00. The van der Waals surface area contributed by atoms with Gasteiger partial charge in [-0.15, -0.1) is 0 Å². The standard InChI is InChI=1S/C14H20N4O2S/c1-10-8-13(9-14(15)11(10)2)21(19,20)17-7-5-12-4-6-16-18(12)3/h4,6,8-9,17H,5,7,15H2,1-3H3. The molecule has 2 aromatic rings. The van der Waals surface area contributed by atoms with Crippen LogP contribution in [-0.2, 0) is 23.5 Å². The average molecular weight is 308 g/mol. The minimum Gasteiger partial charge on any atom is -0.398 e. The molecular formula is C14H20N4O2S. The van der Waals surface area contributed by atoms with Crippen LogP contribution in [-0.4, -0.2) is 24.7 Å². The van der Waals surface area contributed by atoms with Gasteiger partial charge in [0, 0.05) is 37.6 Å². The number of aromatic nitrogens is 2. The van der Waals surface area contributed by atoms with Crippen molar-refractivity contribution >= 4 is 15.7 Å². The van der Waals surface area contributed by atoms with Crippen molar-refractivity contribution in [2.45, 2.75) is 25.2 Å². The Labute approximate surface area is 125 Å². The molecule has 0 fully saturated rings. The van der Waals surface area contributed by atoms with Crippen LogP contribution in [0, 0.1) is 13.8 Å². The summed E-state index contributed by atoms with van der Waals surface area (Å²) >= 11 is 0. The molecule has 0 aliphatic heterocycles. The first-order chi connectivity index (χ1) is 9.81. The van der Waals surface area contributed by atoms with Crippen molar-refractivity contribution in [3.63, 3.8) is 0 Å². The van der Waals surface area contributed by atoms with Crippen molar-refractivity contribution in [2.75, 3.05) is 12.3 Å². The zero-order chi connectivity index (χ0) is 15.6. The van der Waals surface area contributed by atoms with Crippen LogP contribution >= 0.6 is 0 Å². The van der Waals surface area contributed by atoms with Crippen LogP contribution in [0.1, 0.15) is 16.8 Å². The summed E-state index contributed by atoms with van der Waals surface area (Å²) in [5.41, 5.74) is 9.07. The van der Waals surface area contributed by atoms with Crippen LogP contribution in [0.4, 0.5) is 5.69 Å². The number of hydrogen-bond donors (Lipinski definition) is 2. The Balaban J connectivity index is 2.10. The molecule has 1 heterocycles. The highest BCUT2D eigenvalue weighted by molar-refractivity contribution is 7.89. The summed E-state index contributed by atoms with van der Waals surface area (Å²) in [6.45, 7) is 4.03. The van der Waals surface area contributed by atoms with Crippen molar-refractivity contribution < 1.29 is 8.42 Å². The quantitative estimate of drug-likeness (QED) is 0.811. The number of nitrogens with two attached hydrogens (primary N) is 1. The average Bonchev–Trinajstić information content (AvgIpc) is 2.81. The predicted molar refractivity (Wildman–Crippen MR) is 82.4 cm³/mol. The maximum atomic E-state index is 12.3. The van der Waals surface area contributed by atoms with E-state index < -0.39 is 10.0 Å². The number of aryl methyl sites for hydroxylation is 2. The van der Waals surface area contributed by atoms with Crippen molar-refractivity contribution in [1.29, 1.82) is 0 Å². The van der Waals surface area contributed by atoms with E-state index in [0.717, 1.165) is 16.8 Å². The second-order valence-corrected chi connectivity index (χ2v) is 6.82. The fourth-order valence-corrected chi connectivity index (χ4v) is 3.20. The Hall–Kier alpha value is -1.86. The maximum Gasteiger partial charge on any atom is 0.240 e. The summed E-state index contributed by atoms with van der Waals surface area (Å²) in [7, 11) is -1.72. The van der Waals surface area contributed by atoms with Crippen molar-refractivity contribution in [2.24, 2.45) is 7.05 Å². The summed E-state index contributed by atoms with van der Waals surface area (Å²) in [4.78, 5) is 0.202. The Kier molecular flexibility index (Phi) is 4.34. The van der Waals surface area contributed by atoms with Gasteiger partial charge in [-0.2, -0.15) is 5.10 Å². The second-order valence-electron chi connectivity index (χ2n) is 5.05. The van der Waals surface area contributed by atoms with Gasteiger partial charge in [-0.3, -0.25) is 4.68 Å². The third kappa shape index (κ3) is 3.43. The molecule has 0 saturated carbocycles. The van der Waals surface area contributed by atoms with E-state index in [4.69, 9.17) is 5.73 Å². The van der Waals surface area contributed by atoms with E-state index >= 15 is 0 Å². The molecule has 6 nitrogen and oxygen atoms in total. The first-order valence-electron chi connectivity index (χ1n) is 6.64. The van der Waals surface area contributed by atoms with E-state index in [2.05, 4.69) is 9.82 Å². The predicted octanol–water partition coefficient (Wildman–Crippen LogP) is 1.14. The van der Waals surface area contributed by atoms with Crippen LogP contribution in [0.25, 0.3) is 0 Å². The topological polar surface area (TPSA) is 90.0 Å². The first-order valence-corrected chi connectivity index (χ1v) is 8.13. The zero-order valence-electron chi connectivity index (χ0n) is 12.4. The molecule has 21 heavy (non-hydrogen) atoms. The van der Waals surface area contributed by atoms with E-state index in [1.165, 1.54) is 6.07 Å². The molecule has 3 N–H and O–H groups in total. The number of nitrogens with zero attached hydrogens (tertiary/aromatic N) is 2. The molecule has 0 atom stereocenters. The number of benzene rings is 1. The molecule has 0 radical (unpaired) electrons. The number of sulfonamides is 1. The van der Waals surface area contributed by atoms with E-state index in [9.17, 15) is 8.42 Å². The molecule has 0 aliphatic carbocycles. The highest BCUT2D eigenvalue weighted by atomic mass is 32.2. The fraction of sp³-hybridized carbons (Fsp3) is 0.357. The minimum absolute atomic E-state index is 0.202. The number of anilines is 1. The first kappa shape index (κ1) is 15.5. The van der Waals surface area contributed by atoms with Gasteiger partial charge in [0.05, 0.1) is 4.90 Å². The molecule has 1 aromatic carbocycles. The minimum atomic E-state index is -3.55. The van der Waals surface area contributed by atoms with Gasteiger partial charge in [-0.05, 0) is 43.2 Å². The van der Waals surface area contributed by atoms with Crippen LogP contribution < -0.4 is 10.5 Å². The van der Waals surface area contributed by atoms with E-state index in [1.807, 2.05) is 27.0 Å². The molecule has 0 unspecified atom stereocenters. The molecule has 7 heteroatoms. The summed E-state index contributed by atoms with van der Waals surface area (Å²) in [5.74, 6) is 0. The molecular weight excluding hydrogens is 288 g/mol. The van der Waals surface area contributed by atoms with E-state index in [-0.39, 0.29) is 4.90 Å². The number of nitrogens with one attached hydrogen (secondary N) is 1. The normalized spacial score (nSPS) is 11.8. The van der Waals surface area contributed by atoms with Crippen LogP contribution in [0.5, 0.6) is 0 Å². The molecule has 0 spiro atoms. The highest BCUT2D eigenvalue weighted by Gasteiger charge is 2.16. The zero-order valence-corrected chi connectivity index (χ0v) is 13.2. The van der Waals surface area contributed by atoms with Gasteiger partial charge >= 0.3 is 0 Å². The van der Waals surface area contributed by atoms with Gasteiger partial charge in [0.2, 0.25) is 10.0 Å². The lowest BCUT2D eigenvalue weighted by molar-refractivity contribution is 0.579. The fourth-order valence-electron chi connectivity index (χ4n) is 2.05. The molecule has 0 amide bonds. The Morgan fingerprint density at radius 2 is 2.05 bits per heavy atom. The van der Waals surface area contributed by atoms with Crippen LogP contribution in [0.15, 0.2) is 29.3 Å². The lowest BCUT2D eigenvalue weighted by Gasteiger charge is -2.11. The van der Waals surface area contributed by atoms with Gasteiger partial charge in [0.25, 0.3) is 0 Å². The Morgan fingerprint density at radius 3 is 2.62 bits per heavy atom. The summed E-state index contributed by atoms with van der Waals surface area (Å²) in [6.07, 6.45) is 2.27. The molecule has 0 bridgehead atoms. The SMILES string of the molecule is Cc1cc(S(=O)(=O)NCCc2ccnn2C)cc(N)c1C. The van der Waals surface area contributed by atoms with Gasteiger partial charge < -0.3 is 5.73 Å². The second kappa shape index (κ2) is 5.87. The molecule has 114 valence electrons. The number of nitrogen functional groups attached to an aromatic ring is 1. The summed E-state index contributed by atoms with van der Waals surface area (Å²) in [5, 5.41) is 4.05. The van der Waals surface area contributed by atoms with Gasteiger partial charge in [-0.1, -0.05) is 0 Å². The van der Waals surface area contributed by atoms with E-state index in [0.29, 0.717) is 18.7 Å². The third-order valence-electron chi connectivity index (χ3n) is 3.59. The molecule has 2 rings (SSSR count). The monoisotopic (exact) mass is 308 g/mol. The van der Waals surface area contributed by atoms with Crippen LogP contribution in [0.3, 0.4) is 0 Å². The van der Waals surface area contributed by atoms with Crippen molar-refractivity contribution in [1.82, 2.24) is 14.5 Å². The summed E-state index contributed by atoms with van der Waals surface area (Å²) < 4.78 is 28.9. The molecule has 0 saturated heterocycles.